The molecular weight excluding hydrogens is 307 g/mol. The molecule has 0 aliphatic carbocycles. The second-order valence-corrected chi connectivity index (χ2v) is 6.65. The van der Waals surface area contributed by atoms with Crippen LogP contribution in [0.2, 0.25) is 0 Å². The third-order valence-corrected chi connectivity index (χ3v) is 5.24. The maximum absolute atomic E-state index is 6.11. The van der Waals surface area contributed by atoms with E-state index in [1.807, 2.05) is 18.2 Å². The zero-order valence-electron chi connectivity index (χ0n) is 11.3. The fraction of sp³-hybridized carbons (Fsp3) is 0.429. The number of aromatic nitrogens is 2. The molecule has 5 heteroatoms. The molecule has 0 spiro atoms. The number of fused-ring (bicyclic) bond motifs is 3. The summed E-state index contributed by atoms with van der Waals surface area (Å²) in [5.41, 5.74) is 1.70. The number of hydrogen-bond donors (Lipinski definition) is 0. The molecule has 0 unspecified atom stereocenters. The SMILES string of the molecule is CCCOc1ccc2c(c1)OC(C)(C)c1[se]nnc1-2. The summed E-state index contributed by atoms with van der Waals surface area (Å²) in [5, 5.41) is 4.30. The van der Waals surface area contributed by atoms with E-state index in [-0.39, 0.29) is 20.3 Å². The Morgan fingerprint density at radius 3 is 3.00 bits per heavy atom. The number of hydrogen-bond acceptors (Lipinski definition) is 4. The molecule has 4 nitrogen and oxygen atoms in total. The van der Waals surface area contributed by atoms with E-state index in [4.69, 9.17) is 9.47 Å². The monoisotopic (exact) mass is 324 g/mol. The van der Waals surface area contributed by atoms with Gasteiger partial charge >= 0.3 is 118 Å². The van der Waals surface area contributed by atoms with Crippen molar-refractivity contribution in [2.75, 3.05) is 6.61 Å². The minimum atomic E-state index is -0.324. The molecule has 1 aliphatic heterocycles. The first-order valence-corrected chi connectivity index (χ1v) is 8.03. The van der Waals surface area contributed by atoms with Gasteiger partial charge in [-0.3, -0.25) is 0 Å². The van der Waals surface area contributed by atoms with E-state index in [9.17, 15) is 0 Å². The molecule has 0 fully saturated rings. The van der Waals surface area contributed by atoms with Gasteiger partial charge in [0, 0.05) is 0 Å². The molecule has 0 amide bonds. The zero-order valence-corrected chi connectivity index (χ0v) is 13.0. The van der Waals surface area contributed by atoms with Crippen LogP contribution in [0.3, 0.4) is 0 Å². The van der Waals surface area contributed by atoms with Gasteiger partial charge in [0.1, 0.15) is 0 Å². The van der Waals surface area contributed by atoms with Gasteiger partial charge in [-0.2, -0.15) is 0 Å². The summed E-state index contributed by atoms with van der Waals surface area (Å²) in [5.74, 6) is 1.69. The summed E-state index contributed by atoms with van der Waals surface area (Å²) < 4.78 is 17.2. The van der Waals surface area contributed by atoms with E-state index in [0.29, 0.717) is 0 Å². The first kappa shape index (κ1) is 12.7. The molecule has 1 aromatic heterocycles. The first-order valence-electron chi connectivity index (χ1n) is 6.41. The van der Waals surface area contributed by atoms with Crippen LogP contribution < -0.4 is 9.47 Å². The Kier molecular flexibility index (Phi) is 3.11. The van der Waals surface area contributed by atoms with E-state index in [1.54, 1.807) is 0 Å². The quantitative estimate of drug-likeness (QED) is 0.815. The Morgan fingerprint density at radius 2 is 2.21 bits per heavy atom. The first-order chi connectivity index (χ1) is 9.12. The Hall–Kier alpha value is -1.32. The van der Waals surface area contributed by atoms with Crippen LogP contribution >= 0.6 is 0 Å². The van der Waals surface area contributed by atoms with Crippen molar-refractivity contribution < 1.29 is 9.47 Å². The average Bonchev–Trinajstić information content (AvgIpc) is 2.86. The van der Waals surface area contributed by atoms with Crippen LogP contribution in [-0.2, 0) is 5.60 Å². The van der Waals surface area contributed by atoms with Crippen LogP contribution in [0.5, 0.6) is 11.5 Å². The van der Waals surface area contributed by atoms with Gasteiger partial charge in [0.2, 0.25) is 0 Å². The van der Waals surface area contributed by atoms with Crippen LogP contribution in [-0.4, -0.2) is 30.5 Å². The van der Waals surface area contributed by atoms with E-state index >= 15 is 0 Å². The van der Waals surface area contributed by atoms with Crippen LogP contribution in [0.1, 0.15) is 31.6 Å². The number of rotatable bonds is 3. The van der Waals surface area contributed by atoms with Gasteiger partial charge in [0.15, 0.2) is 0 Å². The Bertz CT molecular complexity index is 607. The fourth-order valence-corrected chi connectivity index (χ4v) is 3.65. The van der Waals surface area contributed by atoms with Gasteiger partial charge in [0.25, 0.3) is 0 Å². The van der Waals surface area contributed by atoms with Crippen molar-refractivity contribution in [3.8, 4) is 22.8 Å². The normalized spacial score (nSPS) is 15.3. The Morgan fingerprint density at radius 1 is 1.37 bits per heavy atom. The van der Waals surface area contributed by atoms with Crippen LogP contribution in [0, 0.1) is 0 Å². The summed E-state index contributed by atoms with van der Waals surface area (Å²) >= 11 is 0.0634. The predicted molar refractivity (Wildman–Crippen MR) is 73.8 cm³/mol. The molecule has 1 aromatic carbocycles. The molecule has 100 valence electrons. The molecule has 2 aromatic rings. The maximum atomic E-state index is 6.11. The van der Waals surface area contributed by atoms with Crippen molar-refractivity contribution in [2.24, 2.45) is 0 Å². The van der Waals surface area contributed by atoms with Crippen LogP contribution in [0.4, 0.5) is 0 Å². The van der Waals surface area contributed by atoms with E-state index in [1.165, 1.54) is 4.44 Å². The molecule has 0 N–H and O–H groups in total. The van der Waals surface area contributed by atoms with Gasteiger partial charge < -0.3 is 0 Å². The van der Waals surface area contributed by atoms with Crippen molar-refractivity contribution in [2.45, 2.75) is 32.8 Å². The Balaban J connectivity index is 2.04. The average molecular weight is 323 g/mol. The number of nitrogens with zero attached hydrogens (tertiary/aromatic N) is 2. The molecule has 3 rings (SSSR count). The topological polar surface area (TPSA) is 44.2 Å². The Labute approximate surface area is 118 Å². The van der Waals surface area contributed by atoms with Crippen molar-refractivity contribution in [3.05, 3.63) is 22.6 Å². The summed E-state index contributed by atoms with van der Waals surface area (Å²) in [4.78, 5) is 0. The second kappa shape index (κ2) is 4.66. The van der Waals surface area contributed by atoms with Crippen LogP contribution in [0.15, 0.2) is 18.2 Å². The van der Waals surface area contributed by atoms with Crippen molar-refractivity contribution >= 4 is 14.7 Å². The van der Waals surface area contributed by atoms with Gasteiger partial charge in [-0.25, -0.2) is 0 Å². The predicted octanol–water partition coefficient (Wildman–Crippen LogP) is 2.62. The summed E-state index contributed by atoms with van der Waals surface area (Å²) in [6.45, 7) is 6.96. The molecule has 2 heterocycles. The van der Waals surface area contributed by atoms with Crippen molar-refractivity contribution in [1.82, 2.24) is 9.19 Å². The molecule has 0 saturated heterocycles. The van der Waals surface area contributed by atoms with Crippen molar-refractivity contribution in [1.29, 1.82) is 0 Å². The molecular formula is C14H16N2O2Se. The molecule has 19 heavy (non-hydrogen) atoms. The van der Waals surface area contributed by atoms with E-state index in [0.717, 1.165) is 35.8 Å². The minimum absolute atomic E-state index is 0.0634. The van der Waals surface area contributed by atoms with Gasteiger partial charge in [-0.1, -0.05) is 0 Å². The van der Waals surface area contributed by atoms with Gasteiger partial charge in [-0.15, -0.1) is 0 Å². The molecule has 1 aliphatic rings. The molecule has 0 bridgehead atoms. The van der Waals surface area contributed by atoms with E-state index < -0.39 is 0 Å². The molecule has 0 atom stereocenters. The summed E-state index contributed by atoms with van der Waals surface area (Å²) in [6.07, 6.45) is 0.996. The second-order valence-electron chi connectivity index (χ2n) is 5.07. The van der Waals surface area contributed by atoms with Crippen LogP contribution in [0.25, 0.3) is 11.3 Å². The summed E-state index contributed by atoms with van der Waals surface area (Å²) in [7, 11) is 0. The van der Waals surface area contributed by atoms with Gasteiger partial charge in [-0.05, 0) is 0 Å². The summed E-state index contributed by atoms with van der Waals surface area (Å²) in [6, 6.07) is 5.95. The standard InChI is InChI=1S/C14H16N2O2Se/c1-4-7-17-9-5-6-10-11(8-9)18-14(2,3)13-12(10)15-16-19-13/h5-6,8H,4,7H2,1-3H3. The number of ether oxygens (including phenoxy) is 2. The molecule has 0 saturated carbocycles. The van der Waals surface area contributed by atoms with Gasteiger partial charge in [0.05, 0.1) is 0 Å². The van der Waals surface area contributed by atoms with E-state index in [2.05, 4.69) is 30.0 Å². The third-order valence-electron chi connectivity index (χ3n) is 3.08. The van der Waals surface area contributed by atoms with Crippen molar-refractivity contribution in [3.63, 3.8) is 0 Å². The third kappa shape index (κ3) is 2.17. The molecule has 0 radical (unpaired) electrons. The zero-order chi connectivity index (χ0) is 13.5. The number of benzene rings is 1. The fourth-order valence-electron chi connectivity index (χ4n) is 2.18.